The lowest BCUT2D eigenvalue weighted by atomic mass is 10.0. The number of benzene rings is 3. The van der Waals surface area contributed by atoms with Gasteiger partial charge in [-0.15, -0.1) is 0 Å². The van der Waals surface area contributed by atoms with Crippen LogP contribution >= 0.6 is 0 Å². The van der Waals surface area contributed by atoms with Crippen molar-refractivity contribution >= 4 is 17.7 Å². The fourth-order valence-electron chi connectivity index (χ4n) is 13.5. The summed E-state index contributed by atoms with van der Waals surface area (Å²) >= 11 is 0. The van der Waals surface area contributed by atoms with Crippen LogP contribution in [0.5, 0.6) is 17.2 Å². The molecule has 93 heavy (non-hydrogen) atoms. The molecule has 0 aromatic heterocycles. The molecule has 0 N–H and O–H groups in total. The maximum Gasteiger partial charge on any atom is 0.253 e. The molecule has 1 fully saturated rings. The van der Waals surface area contributed by atoms with Crippen LogP contribution in [0.1, 0.15) is 379 Å². The van der Waals surface area contributed by atoms with E-state index in [1.165, 1.54) is 289 Å². The maximum atomic E-state index is 14.4. The van der Waals surface area contributed by atoms with E-state index in [-0.39, 0.29) is 17.7 Å². The average Bonchev–Trinajstić information content (AvgIpc) is 3.73. The minimum Gasteiger partial charge on any atom is -0.494 e. The number of ether oxygens (including phenoxy) is 3. The number of hydrogen-bond acceptors (Lipinski definition) is 6. The normalized spacial score (nSPS) is 13.3. The summed E-state index contributed by atoms with van der Waals surface area (Å²) in [4.78, 5) is 48.8. The predicted molar refractivity (Wildman–Crippen MR) is 396 cm³/mol. The summed E-state index contributed by atoms with van der Waals surface area (Å²) in [6.45, 7) is 11.9. The number of hydrogen-bond donors (Lipinski definition) is 0. The van der Waals surface area contributed by atoms with Gasteiger partial charge in [-0.1, -0.05) is 310 Å². The summed E-state index contributed by atoms with van der Waals surface area (Å²) in [5, 5.41) is 0. The summed E-state index contributed by atoms with van der Waals surface area (Å²) in [5.74, 6) is 2.23. The monoisotopic (exact) mass is 1290 g/mol. The Morgan fingerprint density at radius 3 is 0.548 bits per heavy atom. The third-order valence-corrected chi connectivity index (χ3v) is 19.5. The van der Waals surface area contributed by atoms with Crippen LogP contribution in [-0.4, -0.2) is 91.5 Å². The van der Waals surface area contributed by atoms with Gasteiger partial charge in [-0.25, -0.2) is 0 Å². The Bertz CT molecular complexity index is 1940. The number of rotatable bonds is 57. The molecule has 0 radical (unpaired) electrons. The van der Waals surface area contributed by atoms with Crippen LogP contribution in [0.3, 0.4) is 0 Å². The molecule has 1 heterocycles. The fraction of sp³-hybridized carbons (Fsp3) is 0.750. The molecule has 4 rings (SSSR count). The van der Waals surface area contributed by atoms with Gasteiger partial charge in [0.1, 0.15) is 17.2 Å². The molecule has 528 valence electrons. The summed E-state index contributed by atoms with van der Waals surface area (Å²) in [6.07, 6.45) is 66.4. The van der Waals surface area contributed by atoms with Crippen LogP contribution in [0.2, 0.25) is 0 Å². The van der Waals surface area contributed by atoms with Crippen LogP contribution in [0.4, 0.5) is 0 Å². The quantitative estimate of drug-likeness (QED) is 0.0523. The summed E-state index contributed by atoms with van der Waals surface area (Å²) in [5.41, 5.74) is 1.85. The molecular formula is C84H141N3O6. The second-order valence-electron chi connectivity index (χ2n) is 28.0. The standard InChI is InChI=1S/C84H141N3O6/c1-4-7-10-13-16-19-22-25-28-31-34-37-40-43-46-49-73-91-79-61-55-76(56-62-79)82(88)85-67-52-69-86(83(89)77-57-63-80(64-58-77)92-74-50-47-44-41-38-35-32-29-26-23-20-17-14-11-8-5-2)71-54-72-87(70-53-68-85)84(90)78-59-65-81(66-60-78)93-75-51-48-45-42-39-36-33-30-27-24-21-18-15-12-9-6-3/h55-66H,4-54,67-75H2,1-3H3. The lowest BCUT2D eigenvalue weighted by Crippen LogP contribution is -2.41. The molecule has 0 spiro atoms. The minimum absolute atomic E-state index is 0.0440. The first kappa shape index (κ1) is 80.9. The van der Waals surface area contributed by atoms with Gasteiger partial charge in [0.05, 0.1) is 19.8 Å². The van der Waals surface area contributed by atoms with Crippen molar-refractivity contribution in [2.75, 3.05) is 59.1 Å². The van der Waals surface area contributed by atoms with Crippen LogP contribution in [0, 0.1) is 0 Å². The number of nitrogens with zero attached hydrogens (tertiary/aromatic N) is 3. The molecule has 9 nitrogen and oxygen atoms in total. The van der Waals surface area contributed by atoms with E-state index in [4.69, 9.17) is 14.2 Å². The zero-order chi connectivity index (χ0) is 66.0. The van der Waals surface area contributed by atoms with Crippen molar-refractivity contribution in [2.45, 2.75) is 348 Å². The summed E-state index contributed by atoms with van der Waals surface area (Å²) in [6, 6.07) is 22.8. The highest BCUT2D eigenvalue weighted by molar-refractivity contribution is 5.95. The van der Waals surface area contributed by atoms with Gasteiger partial charge >= 0.3 is 0 Å². The van der Waals surface area contributed by atoms with E-state index in [9.17, 15) is 14.4 Å². The lowest BCUT2D eigenvalue weighted by Gasteiger charge is -2.30. The van der Waals surface area contributed by atoms with E-state index >= 15 is 0 Å². The number of unbranched alkanes of at least 4 members (excludes halogenated alkanes) is 45. The molecule has 3 amide bonds. The summed E-state index contributed by atoms with van der Waals surface area (Å²) in [7, 11) is 0. The highest BCUT2D eigenvalue weighted by Gasteiger charge is 2.23. The Labute approximate surface area is 572 Å². The molecule has 1 saturated heterocycles. The molecule has 3 aromatic rings. The zero-order valence-electron chi connectivity index (χ0n) is 60.6. The topological polar surface area (TPSA) is 88.6 Å². The molecule has 3 aromatic carbocycles. The van der Waals surface area contributed by atoms with Crippen LogP contribution in [0.25, 0.3) is 0 Å². The Kier molecular flexibility index (Phi) is 50.2. The highest BCUT2D eigenvalue weighted by atomic mass is 16.5. The molecule has 0 bridgehead atoms. The number of carbonyl (C=O) groups is 3. The number of carbonyl (C=O) groups excluding carboxylic acids is 3. The largest absolute Gasteiger partial charge is 0.494 e. The average molecular weight is 1290 g/mol. The van der Waals surface area contributed by atoms with Gasteiger partial charge in [0.25, 0.3) is 17.7 Å². The van der Waals surface area contributed by atoms with Crippen molar-refractivity contribution in [1.29, 1.82) is 0 Å². The van der Waals surface area contributed by atoms with Gasteiger partial charge < -0.3 is 28.9 Å². The van der Waals surface area contributed by atoms with Crippen molar-refractivity contribution in [3.05, 3.63) is 89.5 Å². The molecule has 1 aliphatic heterocycles. The van der Waals surface area contributed by atoms with Crippen molar-refractivity contribution in [3.63, 3.8) is 0 Å². The first-order valence-corrected chi connectivity index (χ1v) is 40.0. The molecule has 0 unspecified atom stereocenters. The van der Waals surface area contributed by atoms with Crippen LogP contribution in [-0.2, 0) is 0 Å². The van der Waals surface area contributed by atoms with E-state index in [0.717, 1.165) is 36.5 Å². The third-order valence-electron chi connectivity index (χ3n) is 19.5. The lowest BCUT2D eigenvalue weighted by molar-refractivity contribution is 0.0666. The van der Waals surface area contributed by atoms with Gasteiger partial charge in [0.15, 0.2) is 0 Å². The molecule has 9 heteroatoms. The molecule has 1 aliphatic rings. The van der Waals surface area contributed by atoms with E-state index < -0.39 is 0 Å². The molecular weight excluding hydrogens is 1150 g/mol. The predicted octanol–water partition coefficient (Wildman–Crippen LogP) is 24.5. The Morgan fingerprint density at radius 1 is 0.237 bits per heavy atom. The van der Waals surface area contributed by atoms with Gasteiger partial charge in [-0.05, 0) is 111 Å². The van der Waals surface area contributed by atoms with Crippen molar-refractivity contribution in [1.82, 2.24) is 14.7 Å². The van der Waals surface area contributed by atoms with Crippen molar-refractivity contribution < 1.29 is 28.6 Å². The smallest absolute Gasteiger partial charge is 0.253 e. The minimum atomic E-state index is -0.0440. The Morgan fingerprint density at radius 2 is 0.387 bits per heavy atom. The second kappa shape index (κ2) is 57.7. The van der Waals surface area contributed by atoms with E-state index in [1.807, 2.05) is 87.5 Å². The van der Waals surface area contributed by atoms with Gasteiger partial charge in [-0.3, -0.25) is 14.4 Å². The van der Waals surface area contributed by atoms with Gasteiger partial charge in [0.2, 0.25) is 0 Å². The van der Waals surface area contributed by atoms with Crippen LogP contribution < -0.4 is 14.2 Å². The van der Waals surface area contributed by atoms with Gasteiger partial charge in [-0.2, -0.15) is 0 Å². The maximum absolute atomic E-state index is 14.4. The SMILES string of the molecule is CCCCCCCCCCCCCCCCCCOc1ccc(C(=O)N2CCCN(C(=O)c3ccc(OCCCCCCCCCCCCCCCCCC)cc3)CCCN(C(=O)c3ccc(OCCCCCCCCCCCCCCCCCC)cc3)CCC2)cc1. The van der Waals surface area contributed by atoms with Crippen LogP contribution in [0.15, 0.2) is 72.8 Å². The van der Waals surface area contributed by atoms with E-state index in [1.54, 1.807) is 0 Å². The third kappa shape index (κ3) is 41.2. The first-order valence-electron chi connectivity index (χ1n) is 40.0. The first-order chi connectivity index (χ1) is 45.9. The molecule has 0 atom stereocenters. The molecule has 0 aliphatic carbocycles. The van der Waals surface area contributed by atoms with Gasteiger partial charge in [0, 0.05) is 56.0 Å². The zero-order valence-corrected chi connectivity index (χ0v) is 60.6. The Hall–Kier alpha value is -4.53. The second-order valence-corrected chi connectivity index (χ2v) is 28.0. The molecule has 0 saturated carbocycles. The van der Waals surface area contributed by atoms with Crippen molar-refractivity contribution in [3.8, 4) is 17.2 Å². The summed E-state index contributed by atoms with van der Waals surface area (Å²) < 4.78 is 18.5. The van der Waals surface area contributed by atoms with Crippen molar-refractivity contribution in [2.24, 2.45) is 0 Å². The highest BCUT2D eigenvalue weighted by Crippen LogP contribution is 2.23. The van der Waals surface area contributed by atoms with E-state index in [0.29, 0.717) is 95.0 Å². The number of amides is 3. The van der Waals surface area contributed by atoms with E-state index in [2.05, 4.69) is 20.8 Å². The fourth-order valence-corrected chi connectivity index (χ4v) is 13.5. The Balaban J connectivity index is 1.22.